The van der Waals surface area contributed by atoms with Gasteiger partial charge in [0.1, 0.15) is 11.6 Å². The molecule has 2 aromatic carbocycles. The second-order valence-electron chi connectivity index (χ2n) is 6.39. The molecule has 0 radical (unpaired) electrons. The van der Waals surface area contributed by atoms with Crippen molar-refractivity contribution in [1.29, 1.82) is 0 Å². The first kappa shape index (κ1) is 17.9. The van der Waals surface area contributed by atoms with E-state index in [1.165, 1.54) is 12.1 Å². The van der Waals surface area contributed by atoms with Crippen LogP contribution in [0.5, 0.6) is 5.75 Å². The highest BCUT2D eigenvalue weighted by atomic mass is 19.1. The van der Waals surface area contributed by atoms with Crippen LogP contribution in [0.4, 0.5) is 10.1 Å². The molecule has 2 atom stereocenters. The Bertz CT molecular complexity index is 790. The van der Waals surface area contributed by atoms with Crippen molar-refractivity contribution >= 4 is 17.5 Å². The third kappa shape index (κ3) is 3.85. The number of rotatable bonds is 5. The Morgan fingerprint density at radius 2 is 1.85 bits per heavy atom. The monoisotopic (exact) mass is 356 g/mol. The molecule has 136 valence electrons. The number of amides is 2. The molecule has 1 N–H and O–H groups in total. The lowest BCUT2D eigenvalue weighted by Gasteiger charge is -2.19. The van der Waals surface area contributed by atoms with Gasteiger partial charge in [-0.25, -0.2) is 4.39 Å². The molecule has 1 aliphatic heterocycles. The summed E-state index contributed by atoms with van der Waals surface area (Å²) in [6, 6.07) is 12.9. The van der Waals surface area contributed by atoms with Crippen LogP contribution in [0.25, 0.3) is 0 Å². The maximum atomic E-state index is 13.0. The van der Waals surface area contributed by atoms with Gasteiger partial charge in [-0.3, -0.25) is 9.59 Å². The van der Waals surface area contributed by atoms with Crippen LogP contribution in [0, 0.1) is 11.7 Å². The molecule has 2 aromatic rings. The van der Waals surface area contributed by atoms with Crippen molar-refractivity contribution in [3.63, 3.8) is 0 Å². The number of nitrogens with zero attached hydrogens (tertiary/aromatic N) is 1. The van der Waals surface area contributed by atoms with Gasteiger partial charge in [0, 0.05) is 18.7 Å². The summed E-state index contributed by atoms with van der Waals surface area (Å²) in [4.78, 5) is 26.5. The molecule has 0 spiro atoms. The molecule has 0 aliphatic carbocycles. The zero-order valence-electron chi connectivity index (χ0n) is 14.7. The summed E-state index contributed by atoms with van der Waals surface area (Å²) in [7, 11) is 1.58. The van der Waals surface area contributed by atoms with Crippen LogP contribution in [0.2, 0.25) is 0 Å². The first-order valence-electron chi connectivity index (χ1n) is 8.48. The van der Waals surface area contributed by atoms with Gasteiger partial charge in [0.2, 0.25) is 11.8 Å². The second kappa shape index (κ2) is 7.56. The number of carbonyl (C=O) groups is 2. The minimum atomic E-state index is -0.410. The Morgan fingerprint density at radius 3 is 2.46 bits per heavy atom. The lowest BCUT2D eigenvalue weighted by atomic mass is 10.0. The van der Waals surface area contributed by atoms with Gasteiger partial charge >= 0.3 is 0 Å². The highest BCUT2D eigenvalue weighted by molar-refractivity contribution is 6.00. The SMILES string of the molecule is COc1ccc(N2CC(C(=O)NC(C)c3ccc(F)cc3)CC2=O)cc1. The van der Waals surface area contributed by atoms with Crippen LogP contribution in [-0.2, 0) is 9.59 Å². The number of methoxy groups -OCH3 is 1. The van der Waals surface area contributed by atoms with Gasteiger partial charge in [0.25, 0.3) is 0 Å². The summed E-state index contributed by atoms with van der Waals surface area (Å²) in [6.45, 7) is 2.18. The minimum Gasteiger partial charge on any atom is -0.497 e. The Morgan fingerprint density at radius 1 is 1.19 bits per heavy atom. The Balaban J connectivity index is 1.63. The summed E-state index contributed by atoms with van der Waals surface area (Å²) < 4.78 is 18.1. The zero-order chi connectivity index (χ0) is 18.7. The predicted molar refractivity (Wildman–Crippen MR) is 96.4 cm³/mol. The van der Waals surface area contributed by atoms with Crippen LogP contribution in [0.1, 0.15) is 24.9 Å². The molecule has 2 unspecified atom stereocenters. The fourth-order valence-electron chi connectivity index (χ4n) is 3.06. The van der Waals surface area contributed by atoms with Gasteiger partial charge in [0.05, 0.1) is 19.1 Å². The zero-order valence-corrected chi connectivity index (χ0v) is 14.7. The second-order valence-corrected chi connectivity index (χ2v) is 6.39. The normalized spacial score (nSPS) is 17.9. The third-order valence-electron chi connectivity index (χ3n) is 4.61. The number of halogens is 1. The van der Waals surface area contributed by atoms with Crippen molar-refractivity contribution in [2.45, 2.75) is 19.4 Å². The van der Waals surface area contributed by atoms with Gasteiger partial charge in [-0.05, 0) is 48.9 Å². The Kier molecular flexibility index (Phi) is 5.21. The van der Waals surface area contributed by atoms with Crippen LogP contribution in [0.15, 0.2) is 48.5 Å². The molecular formula is C20H21FN2O3. The molecule has 1 fully saturated rings. The van der Waals surface area contributed by atoms with Crippen molar-refractivity contribution in [2.75, 3.05) is 18.6 Å². The average molecular weight is 356 g/mol. The smallest absolute Gasteiger partial charge is 0.227 e. The van der Waals surface area contributed by atoms with Crippen molar-refractivity contribution in [3.05, 3.63) is 59.9 Å². The summed E-state index contributed by atoms with van der Waals surface area (Å²) in [6.07, 6.45) is 0.175. The van der Waals surface area contributed by atoms with E-state index in [9.17, 15) is 14.0 Å². The van der Waals surface area contributed by atoms with Crippen LogP contribution in [0.3, 0.4) is 0 Å². The van der Waals surface area contributed by atoms with Gasteiger partial charge in [-0.1, -0.05) is 12.1 Å². The number of anilines is 1. The molecule has 5 nitrogen and oxygen atoms in total. The molecule has 1 heterocycles. The number of carbonyl (C=O) groups excluding carboxylic acids is 2. The van der Waals surface area contributed by atoms with E-state index in [1.54, 1.807) is 48.4 Å². The summed E-state index contributed by atoms with van der Waals surface area (Å²) in [5.41, 5.74) is 1.56. The van der Waals surface area contributed by atoms with E-state index < -0.39 is 5.92 Å². The molecule has 1 aliphatic rings. The molecule has 1 saturated heterocycles. The van der Waals surface area contributed by atoms with Crippen molar-refractivity contribution in [3.8, 4) is 5.75 Å². The quantitative estimate of drug-likeness (QED) is 0.896. The van der Waals surface area contributed by atoms with Gasteiger partial charge < -0.3 is 15.0 Å². The first-order chi connectivity index (χ1) is 12.5. The molecule has 6 heteroatoms. The highest BCUT2D eigenvalue weighted by Crippen LogP contribution is 2.27. The summed E-state index contributed by atoms with van der Waals surface area (Å²) >= 11 is 0. The molecular weight excluding hydrogens is 335 g/mol. The standard InChI is InChI=1S/C20H21FN2O3/c1-13(14-3-5-16(21)6-4-14)22-20(25)15-11-19(24)23(12-15)17-7-9-18(26-2)10-8-17/h3-10,13,15H,11-12H2,1-2H3,(H,22,25). The van der Waals surface area contributed by atoms with Crippen molar-refractivity contribution in [2.24, 2.45) is 5.92 Å². The minimum absolute atomic E-state index is 0.0789. The Hall–Kier alpha value is -2.89. The van der Waals surface area contributed by atoms with E-state index >= 15 is 0 Å². The molecule has 0 saturated carbocycles. The summed E-state index contributed by atoms with van der Waals surface area (Å²) in [5.74, 6) is -0.268. The topological polar surface area (TPSA) is 58.6 Å². The summed E-state index contributed by atoms with van der Waals surface area (Å²) in [5, 5.41) is 2.91. The fraction of sp³-hybridized carbons (Fsp3) is 0.300. The average Bonchev–Trinajstić information content (AvgIpc) is 3.04. The lowest BCUT2D eigenvalue weighted by molar-refractivity contribution is -0.126. The van der Waals surface area contributed by atoms with E-state index in [1.807, 2.05) is 6.92 Å². The van der Waals surface area contributed by atoms with E-state index in [0.29, 0.717) is 12.3 Å². The van der Waals surface area contributed by atoms with Gasteiger partial charge in [0.15, 0.2) is 0 Å². The lowest BCUT2D eigenvalue weighted by Crippen LogP contribution is -2.34. The molecule has 26 heavy (non-hydrogen) atoms. The predicted octanol–water partition coefficient (Wildman–Crippen LogP) is 3.06. The highest BCUT2D eigenvalue weighted by Gasteiger charge is 2.35. The van der Waals surface area contributed by atoms with E-state index in [0.717, 1.165) is 11.3 Å². The number of hydrogen-bond acceptors (Lipinski definition) is 3. The molecule has 3 rings (SSSR count). The number of hydrogen-bond donors (Lipinski definition) is 1. The first-order valence-corrected chi connectivity index (χ1v) is 8.48. The largest absolute Gasteiger partial charge is 0.497 e. The number of ether oxygens (including phenoxy) is 1. The van der Waals surface area contributed by atoms with Crippen LogP contribution < -0.4 is 15.0 Å². The van der Waals surface area contributed by atoms with Gasteiger partial charge in [-0.2, -0.15) is 0 Å². The Labute approximate surface area is 151 Å². The van der Waals surface area contributed by atoms with E-state index in [2.05, 4.69) is 5.32 Å². The fourth-order valence-corrected chi connectivity index (χ4v) is 3.06. The maximum Gasteiger partial charge on any atom is 0.227 e. The maximum absolute atomic E-state index is 13.0. The molecule has 2 amide bonds. The van der Waals surface area contributed by atoms with Crippen molar-refractivity contribution in [1.82, 2.24) is 5.32 Å². The van der Waals surface area contributed by atoms with Crippen LogP contribution in [-0.4, -0.2) is 25.5 Å². The van der Waals surface area contributed by atoms with E-state index in [-0.39, 0.29) is 30.1 Å². The third-order valence-corrected chi connectivity index (χ3v) is 4.61. The van der Waals surface area contributed by atoms with Crippen molar-refractivity contribution < 1.29 is 18.7 Å². The van der Waals surface area contributed by atoms with Gasteiger partial charge in [-0.15, -0.1) is 0 Å². The van der Waals surface area contributed by atoms with E-state index in [4.69, 9.17) is 4.74 Å². The van der Waals surface area contributed by atoms with Crippen LogP contribution >= 0.6 is 0 Å². The number of nitrogens with one attached hydrogen (secondary N) is 1. The molecule has 0 aromatic heterocycles. The molecule has 0 bridgehead atoms. The number of benzene rings is 2.